The molecule has 0 aliphatic carbocycles. The third-order valence-electron chi connectivity index (χ3n) is 1.45. The Morgan fingerprint density at radius 1 is 1.00 bits per heavy atom. The quantitative estimate of drug-likeness (QED) is 0.559. The van der Waals surface area contributed by atoms with Crippen LogP contribution in [0.4, 0.5) is 30.7 Å². The molecule has 90 valence electrons. The molecule has 0 aliphatic heterocycles. The number of hydrogen-bond acceptors (Lipinski definition) is 1. The summed E-state index contributed by atoms with van der Waals surface area (Å²) in [6.07, 6.45) is -9.59. The molecule has 0 radical (unpaired) electrons. The minimum absolute atomic E-state index is 1.26. The van der Waals surface area contributed by atoms with Crippen molar-refractivity contribution in [1.82, 2.24) is 0 Å². The molecule has 0 aromatic rings. The van der Waals surface area contributed by atoms with Crippen molar-refractivity contribution in [3.05, 3.63) is 0 Å². The van der Waals surface area contributed by atoms with Crippen LogP contribution >= 0.6 is 11.6 Å². The Morgan fingerprint density at radius 2 is 1.40 bits per heavy atom. The van der Waals surface area contributed by atoms with Crippen molar-refractivity contribution in [2.75, 3.05) is 0 Å². The predicted octanol–water partition coefficient (Wildman–Crippen LogP) is 3.36. The highest BCUT2D eigenvalue weighted by Gasteiger charge is 2.72. The Kier molecular flexibility index (Phi) is 4.00. The average molecular weight is 261 g/mol. The fourth-order valence-corrected chi connectivity index (χ4v) is 0.714. The molecule has 0 aromatic heterocycles. The lowest BCUT2D eigenvalue weighted by molar-refractivity contribution is -0.355. The fourth-order valence-electron chi connectivity index (χ4n) is 0.620. The van der Waals surface area contributed by atoms with Crippen LogP contribution in [0.2, 0.25) is 0 Å². The Hall–Kier alpha value is -0.530. The van der Waals surface area contributed by atoms with E-state index >= 15 is 0 Å². The van der Waals surface area contributed by atoms with Crippen LogP contribution in [0.15, 0.2) is 0 Å². The van der Waals surface area contributed by atoms with Crippen molar-refractivity contribution < 1.29 is 35.5 Å². The zero-order valence-electron chi connectivity index (χ0n) is 6.85. The molecule has 0 bridgehead atoms. The van der Waals surface area contributed by atoms with E-state index in [0.717, 1.165) is 0 Å². The monoisotopic (exact) mass is 260 g/mol. The van der Waals surface area contributed by atoms with E-state index in [1.165, 1.54) is 0 Å². The van der Waals surface area contributed by atoms with E-state index in [2.05, 4.69) is 11.6 Å². The first-order valence-electron chi connectivity index (χ1n) is 3.42. The Balaban J connectivity index is 4.77. The Morgan fingerprint density at radius 3 is 1.67 bits per heavy atom. The smallest absolute Gasteiger partial charge is 0.281 e. The molecule has 15 heavy (non-hydrogen) atoms. The van der Waals surface area contributed by atoms with Crippen molar-refractivity contribution in [3.8, 4) is 0 Å². The van der Waals surface area contributed by atoms with Gasteiger partial charge < -0.3 is 0 Å². The van der Waals surface area contributed by atoms with Crippen molar-refractivity contribution >= 4 is 16.8 Å². The van der Waals surface area contributed by atoms with Gasteiger partial charge in [0.05, 0.1) is 0 Å². The van der Waals surface area contributed by atoms with Crippen molar-refractivity contribution in [2.45, 2.75) is 30.9 Å². The van der Waals surface area contributed by atoms with E-state index in [1.54, 1.807) is 0 Å². The molecule has 0 amide bonds. The minimum Gasteiger partial charge on any atom is -0.281 e. The van der Waals surface area contributed by atoms with Gasteiger partial charge in [-0.15, -0.1) is 0 Å². The molecule has 0 N–H and O–H groups in total. The molecule has 0 saturated heterocycles. The lowest BCUT2D eigenvalue weighted by Crippen LogP contribution is -2.51. The van der Waals surface area contributed by atoms with Crippen LogP contribution in [-0.4, -0.2) is 23.3 Å². The normalized spacial score (nSPS) is 14.1. The van der Waals surface area contributed by atoms with Gasteiger partial charge in [0.1, 0.15) is 0 Å². The number of hydrogen-bond donors (Lipinski definition) is 0. The van der Waals surface area contributed by atoms with E-state index in [-0.39, 0.29) is 0 Å². The van der Waals surface area contributed by atoms with E-state index in [1.807, 2.05) is 0 Å². The molecule has 0 unspecified atom stereocenters. The van der Waals surface area contributed by atoms with Gasteiger partial charge in [-0.25, -0.2) is 0 Å². The van der Waals surface area contributed by atoms with Gasteiger partial charge in [0.15, 0.2) is 0 Å². The lowest BCUT2D eigenvalue weighted by Gasteiger charge is -2.27. The first-order chi connectivity index (χ1) is 6.42. The molecule has 0 atom stereocenters. The largest absolute Gasteiger partial charge is 0.459 e. The molecule has 0 spiro atoms. The van der Waals surface area contributed by atoms with Crippen LogP contribution < -0.4 is 0 Å². The summed E-state index contributed by atoms with van der Waals surface area (Å²) < 4.78 is 83.5. The zero-order chi connectivity index (χ0) is 12.5. The number of carbonyl (C=O) groups is 1. The summed E-state index contributed by atoms with van der Waals surface area (Å²) in [6, 6.07) is 0. The van der Waals surface area contributed by atoms with Gasteiger partial charge >= 0.3 is 18.0 Å². The Labute approximate surface area is 84.2 Å². The lowest BCUT2D eigenvalue weighted by atomic mass is 10.1. The van der Waals surface area contributed by atoms with Gasteiger partial charge in [-0.05, 0) is 11.6 Å². The molecule has 0 heterocycles. The van der Waals surface area contributed by atoms with Crippen LogP contribution in [0.3, 0.4) is 0 Å². The van der Waals surface area contributed by atoms with Crippen LogP contribution in [0.25, 0.3) is 0 Å². The van der Waals surface area contributed by atoms with Gasteiger partial charge in [0, 0.05) is 12.8 Å². The molecule has 1 nitrogen and oxygen atoms in total. The Bertz CT molecular complexity index is 246. The predicted molar refractivity (Wildman–Crippen MR) is 36.0 cm³/mol. The zero-order valence-corrected chi connectivity index (χ0v) is 7.60. The topological polar surface area (TPSA) is 17.1 Å². The highest BCUT2D eigenvalue weighted by molar-refractivity contribution is 6.63. The van der Waals surface area contributed by atoms with Crippen LogP contribution in [0, 0.1) is 0 Å². The number of carbonyl (C=O) groups excluding carboxylic acids is 1. The van der Waals surface area contributed by atoms with Gasteiger partial charge in [-0.2, -0.15) is 30.7 Å². The first kappa shape index (κ1) is 14.5. The maximum absolute atomic E-state index is 12.4. The second-order valence-corrected chi connectivity index (χ2v) is 3.05. The SMILES string of the molecule is O=C(Cl)CCC(F)(F)C(F)(F)C(F)(F)F. The second-order valence-electron chi connectivity index (χ2n) is 2.63. The summed E-state index contributed by atoms with van der Waals surface area (Å²) in [6.45, 7) is 0. The maximum atomic E-state index is 12.4. The van der Waals surface area contributed by atoms with E-state index in [4.69, 9.17) is 0 Å². The second kappa shape index (κ2) is 4.15. The van der Waals surface area contributed by atoms with E-state index in [0.29, 0.717) is 0 Å². The number of rotatable bonds is 4. The summed E-state index contributed by atoms with van der Waals surface area (Å²) in [5.74, 6) is -11.5. The number of halogens is 8. The van der Waals surface area contributed by atoms with Crippen LogP contribution in [0.1, 0.15) is 12.8 Å². The molecular weight excluding hydrogens is 257 g/mol. The number of alkyl halides is 7. The van der Waals surface area contributed by atoms with Crippen LogP contribution in [-0.2, 0) is 4.79 Å². The van der Waals surface area contributed by atoms with Gasteiger partial charge in [0.2, 0.25) is 5.24 Å². The summed E-state index contributed by atoms with van der Waals surface area (Å²) in [4.78, 5) is 9.97. The highest BCUT2D eigenvalue weighted by Crippen LogP contribution is 2.48. The average Bonchev–Trinajstić information content (AvgIpc) is 1.98. The molecular formula is C6H4ClF7O. The fraction of sp³-hybridized carbons (Fsp3) is 0.833. The van der Waals surface area contributed by atoms with E-state index < -0.39 is 36.1 Å². The molecule has 0 aromatic carbocycles. The highest BCUT2D eigenvalue weighted by atomic mass is 35.5. The van der Waals surface area contributed by atoms with E-state index in [9.17, 15) is 35.5 Å². The summed E-state index contributed by atoms with van der Waals surface area (Å²) in [5.41, 5.74) is 0. The minimum atomic E-state index is -6.37. The standard InChI is InChI=1S/C6H4ClF7O/c7-3(15)1-2-4(8,9)5(10,11)6(12,13)14/h1-2H2. The van der Waals surface area contributed by atoms with Gasteiger partial charge in [0.25, 0.3) is 0 Å². The van der Waals surface area contributed by atoms with Crippen molar-refractivity contribution in [3.63, 3.8) is 0 Å². The molecule has 0 saturated carbocycles. The molecule has 0 rings (SSSR count). The summed E-state index contributed by atoms with van der Waals surface area (Å²) >= 11 is 4.55. The molecule has 0 aliphatic rings. The molecule has 9 heteroatoms. The maximum Gasteiger partial charge on any atom is 0.459 e. The molecule has 0 fully saturated rings. The summed E-state index contributed by atoms with van der Waals surface area (Å²) in [5, 5.41) is -1.41. The summed E-state index contributed by atoms with van der Waals surface area (Å²) in [7, 11) is 0. The van der Waals surface area contributed by atoms with Crippen LogP contribution in [0.5, 0.6) is 0 Å². The van der Waals surface area contributed by atoms with Gasteiger partial charge in [-0.3, -0.25) is 4.79 Å². The third-order valence-corrected chi connectivity index (χ3v) is 1.64. The van der Waals surface area contributed by atoms with Crippen molar-refractivity contribution in [2.24, 2.45) is 0 Å². The first-order valence-corrected chi connectivity index (χ1v) is 3.80. The third kappa shape index (κ3) is 3.22. The van der Waals surface area contributed by atoms with Gasteiger partial charge in [-0.1, -0.05) is 0 Å². The van der Waals surface area contributed by atoms with Crippen molar-refractivity contribution in [1.29, 1.82) is 0 Å².